The third-order valence-electron chi connectivity index (χ3n) is 7.84. The van der Waals surface area contributed by atoms with Crippen LogP contribution in [-0.4, -0.2) is 66.4 Å². The largest absolute Gasteiger partial charge is 0.457 e. The number of hydrogen-bond donors (Lipinski definition) is 1. The van der Waals surface area contributed by atoms with E-state index in [1.807, 2.05) is 30.1 Å². The lowest BCUT2D eigenvalue weighted by Crippen LogP contribution is -2.57. The lowest BCUT2D eigenvalue weighted by atomic mass is 9.99. The van der Waals surface area contributed by atoms with Crippen molar-refractivity contribution in [2.75, 3.05) is 29.9 Å². The highest BCUT2D eigenvalue weighted by atomic mass is 19.1. The summed E-state index contributed by atoms with van der Waals surface area (Å²) in [5, 5.41) is 11.2. The van der Waals surface area contributed by atoms with Crippen LogP contribution in [0.15, 0.2) is 61.4 Å². The normalized spacial score (nSPS) is 15.3. The van der Waals surface area contributed by atoms with Crippen LogP contribution < -0.4 is 15.0 Å². The lowest BCUT2D eigenvalue weighted by Gasteiger charge is -2.43. The van der Waals surface area contributed by atoms with E-state index in [1.165, 1.54) is 12.4 Å². The summed E-state index contributed by atoms with van der Waals surface area (Å²) in [6, 6.07) is 12.5. The summed E-state index contributed by atoms with van der Waals surface area (Å²) in [5.74, 6) is 1.75. The number of nitrogens with one attached hydrogen (secondary N) is 1. The topological polar surface area (TPSA) is 114 Å². The van der Waals surface area contributed by atoms with E-state index >= 15 is 4.39 Å². The molecule has 0 spiro atoms. The molecule has 1 fully saturated rings. The fourth-order valence-electron chi connectivity index (χ4n) is 5.39. The molecule has 1 aliphatic rings. The van der Waals surface area contributed by atoms with Crippen molar-refractivity contribution in [1.29, 1.82) is 0 Å². The number of carbonyl (C=O) groups is 1. The first-order valence-corrected chi connectivity index (χ1v) is 14.1. The molecule has 1 N–H and O–H groups in total. The third-order valence-corrected chi connectivity index (χ3v) is 7.84. The van der Waals surface area contributed by atoms with Crippen LogP contribution in [0.3, 0.4) is 0 Å². The SMILES string of the molecule is C=CC(=O)N1CCN(c2ccc3ncnc(Nc4ccc(Oc5ccc6c(c5)nnn6C)c(C)c4F)c3n2)C[C@H]1C(C)C. The zero-order valence-corrected chi connectivity index (χ0v) is 24.5. The molecule has 1 atom stereocenters. The quantitative estimate of drug-likeness (QED) is 0.261. The first kappa shape index (κ1) is 28.0. The standard InChI is InChI=1S/C31H32FN9O2/c1-6-28(42)41-14-13-40(16-25(41)18(2)3)27-12-9-22-30(36-27)31(34-17-33-22)35-21-8-11-26(19(4)29(21)32)43-20-7-10-24-23(15-20)37-38-39(24)5/h6-12,15,17-18,25H,1,13-14,16H2,2-5H3,(H,33,34,35)/t25-/m0/s1. The molecule has 0 bridgehead atoms. The Morgan fingerprint density at radius 3 is 2.77 bits per heavy atom. The van der Waals surface area contributed by atoms with E-state index in [4.69, 9.17) is 9.72 Å². The van der Waals surface area contributed by atoms with Gasteiger partial charge in [0.25, 0.3) is 0 Å². The molecule has 0 aliphatic carbocycles. The van der Waals surface area contributed by atoms with Crippen LogP contribution in [0.2, 0.25) is 0 Å². The Labute approximate surface area is 248 Å². The highest BCUT2D eigenvalue weighted by molar-refractivity contribution is 5.89. The predicted molar refractivity (Wildman–Crippen MR) is 163 cm³/mol. The zero-order chi connectivity index (χ0) is 30.2. The van der Waals surface area contributed by atoms with E-state index in [-0.39, 0.29) is 23.6 Å². The number of piperazine rings is 1. The minimum absolute atomic E-state index is 0.0155. The van der Waals surface area contributed by atoms with Crippen molar-refractivity contribution in [3.8, 4) is 11.5 Å². The van der Waals surface area contributed by atoms with Crippen LogP contribution in [0.5, 0.6) is 11.5 Å². The fraction of sp³-hybridized carbons (Fsp3) is 0.290. The number of ether oxygens (including phenoxy) is 1. The minimum Gasteiger partial charge on any atom is -0.457 e. The Kier molecular flexibility index (Phi) is 7.34. The Morgan fingerprint density at radius 1 is 1.14 bits per heavy atom. The molecule has 6 rings (SSSR count). The minimum atomic E-state index is -0.469. The van der Waals surface area contributed by atoms with Gasteiger partial charge in [-0.3, -0.25) is 4.79 Å². The molecule has 4 heterocycles. The maximum atomic E-state index is 15.6. The number of pyridine rings is 1. The van der Waals surface area contributed by atoms with E-state index in [2.05, 4.69) is 50.9 Å². The van der Waals surface area contributed by atoms with Gasteiger partial charge in [-0.25, -0.2) is 24.0 Å². The Morgan fingerprint density at radius 2 is 1.98 bits per heavy atom. The number of amides is 1. The number of benzene rings is 2. The van der Waals surface area contributed by atoms with Crippen molar-refractivity contribution in [2.24, 2.45) is 13.0 Å². The number of fused-ring (bicyclic) bond motifs is 2. The van der Waals surface area contributed by atoms with Crippen LogP contribution in [0.1, 0.15) is 19.4 Å². The second-order valence-corrected chi connectivity index (χ2v) is 10.9. The van der Waals surface area contributed by atoms with Crippen molar-refractivity contribution in [3.05, 3.63) is 72.8 Å². The summed E-state index contributed by atoms with van der Waals surface area (Å²) in [5.41, 5.74) is 3.26. The number of halogens is 1. The first-order valence-electron chi connectivity index (χ1n) is 14.1. The molecule has 3 aromatic heterocycles. The summed E-state index contributed by atoms with van der Waals surface area (Å²) in [6.45, 7) is 11.3. The Balaban J connectivity index is 1.25. The molecule has 2 aromatic carbocycles. The number of nitrogens with zero attached hydrogens (tertiary/aromatic N) is 8. The molecule has 5 aromatic rings. The average molecular weight is 582 g/mol. The van der Waals surface area contributed by atoms with Crippen molar-refractivity contribution in [2.45, 2.75) is 26.8 Å². The molecular formula is C31H32FN9O2. The fourth-order valence-corrected chi connectivity index (χ4v) is 5.39. The molecule has 43 heavy (non-hydrogen) atoms. The van der Waals surface area contributed by atoms with Gasteiger partial charge in [0.2, 0.25) is 5.91 Å². The van der Waals surface area contributed by atoms with Crippen molar-refractivity contribution in [1.82, 2.24) is 34.8 Å². The van der Waals surface area contributed by atoms with Gasteiger partial charge in [-0.15, -0.1) is 5.10 Å². The van der Waals surface area contributed by atoms with Gasteiger partial charge >= 0.3 is 0 Å². The van der Waals surface area contributed by atoms with Crippen LogP contribution >= 0.6 is 0 Å². The molecule has 1 aliphatic heterocycles. The monoisotopic (exact) mass is 581 g/mol. The van der Waals surface area contributed by atoms with Crippen LogP contribution in [0.4, 0.5) is 21.7 Å². The van der Waals surface area contributed by atoms with Gasteiger partial charge in [0.15, 0.2) is 11.6 Å². The molecular weight excluding hydrogens is 549 g/mol. The number of hydrogen-bond acceptors (Lipinski definition) is 9. The molecule has 12 heteroatoms. The number of rotatable bonds is 7. The number of aryl methyl sites for hydroxylation is 1. The van der Waals surface area contributed by atoms with Gasteiger partial charge in [-0.1, -0.05) is 25.6 Å². The van der Waals surface area contributed by atoms with Gasteiger partial charge in [-0.2, -0.15) is 0 Å². The Bertz CT molecular complexity index is 1850. The van der Waals surface area contributed by atoms with Crippen LogP contribution in [0.25, 0.3) is 22.1 Å². The van der Waals surface area contributed by atoms with E-state index in [0.717, 1.165) is 11.3 Å². The third kappa shape index (κ3) is 5.31. The number of carbonyl (C=O) groups excluding carboxylic acids is 1. The summed E-state index contributed by atoms with van der Waals surface area (Å²) in [7, 11) is 1.81. The smallest absolute Gasteiger partial charge is 0.246 e. The summed E-state index contributed by atoms with van der Waals surface area (Å²) in [4.78, 5) is 30.1. The van der Waals surface area contributed by atoms with Crippen LogP contribution in [-0.2, 0) is 11.8 Å². The second-order valence-electron chi connectivity index (χ2n) is 10.9. The van der Waals surface area contributed by atoms with Gasteiger partial charge in [-0.05, 0) is 55.3 Å². The number of anilines is 3. The van der Waals surface area contributed by atoms with Crippen molar-refractivity contribution < 1.29 is 13.9 Å². The maximum Gasteiger partial charge on any atom is 0.246 e. The summed E-state index contributed by atoms with van der Waals surface area (Å²) < 4.78 is 23.3. The molecule has 0 unspecified atom stereocenters. The van der Waals surface area contributed by atoms with E-state index in [1.54, 1.807) is 35.9 Å². The van der Waals surface area contributed by atoms with Crippen LogP contribution in [0, 0.1) is 18.7 Å². The number of aromatic nitrogens is 6. The van der Waals surface area contributed by atoms with E-state index in [0.29, 0.717) is 59.1 Å². The van der Waals surface area contributed by atoms with Gasteiger partial charge in [0.1, 0.15) is 34.7 Å². The molecule has 220 valence electrons. The molecule has 0 radical (unpaired) electrons. The first-order chi connectivity index (χ1) is 20.7. The molecule has 0 saturated carbocycles. The molecule has 1 amide bonds. The van der Waals surface area contributed by atoms with E-state index in [9.17, 15) is 4.79 Å². The summed E-state index contributed by atoms with van der Waals surface area (Å²) in [6.07, 6.45) is 2.79. The van der Waals surface area contributed by atoms with Gasteiger partial charge in [0.05, 0.1) is 22.8 Å². The summed E-state index contributed by atoms with van der Waals surface area (Å²) >= 11 is 0. The second kappa shape index (κ2) is 11.3. The highest BCUT2D eigenvalue weighted by Gasteiger charge is 2.32. The molecule has 11 nitrogen and oxygen atoms in total. The lowest BCUT2D eigenvalue weighted by molar-refractivity contribution is -0.129. The van der Waals surface area contributed by atoms with Crippen molar-refractivity contribution in [3.63, 3.8) is 0 Å². The van der Waals surface area contributed by atoms with E-state index < -0.39 is 5.82 Å². The van der Waals surface area contributed by atoms with Gasteiger partial charge < -0.3 is 19.9 Å². The van der Waals surface area contributed by atoms with Crippen molar-refractivity contribution >= 4 is 45.3 Å². The maximum absolute atomic E-state index is 15.6. The van der Waals surface area contributed by atoms with Gasteiger partial charge in [0, 0.05) is 38.3 Å². The highest BCUT2D eigenvalue weighted by Crippen LogP contribution is 2.34. The average Bonchev–Trinajstić information content (AvgIpc) is 3.39. The zero-order valence-electron chi connectivity index (χ0n) is 24.5. The Hall–Kier alpha value is -5.13. The molecule has 1 saturated heterocycles. The predicted octanol–water partition coefficient (Wildman–Crippen LogP) is 5.15.